The van der Waals surface area contributed by atoms with E-state index in [0.29, 0.717) is 5.82 Å². The minimum absolute atomic E-state index is 0.691. The van der Waals surface area contributed by atoms with Gasteiger partial charge in [0.05, 0.1) is 5.52 Å². The van der Waals surface area contributed by atoms with Crippen molar-refractivity contribution in [3.8, 4) is 11.4 Å². The number of nitrogens with one attached hydrogen (secondary N) is 1. The largest absolute Gasteiger partial charge is 0.265 e. The minimum Gasteiger partial charge on any atom is -0.265 e. The van der Waals surface area contributed by atoms with Crippen LogP contribution in [0.15, 0.2) is 36.7 Å². The fourth-order valence-electron chi connectivity index (χ4n) is 1.78. The molecule has 0 saturated heterocycles. The summed E-state index contributed by atoms with van der Waals surface area (Å²) in [6.07, 6.45) is 1.57. The zero-order valence-corrected chi connectivity index (χ0v) is 8.81. The van der Waals surface area contributed by atoms with Gasteiger partial charge in [-0.2, -0.15) is 5.10 Å². The number of H-pyrrole nitrogens is 1. The highest BCUT2D eigenvalue weighted by Crippen LogP contribution is 2.22. The highest BCUT2D eigenvalue weighted by Gasteiger charge is 2.07. The Morgan fingerprint density at radius 3 is 2.88 bits per heavy atom. The Hall–Kier alpha value is -2.23. The molecule has 3 aromatic rings. The molecule has 2 heterocycles. The van der Waals surface area contributed by atoms with Crippen LogP contribution >= 0.6 is 0 Å². The van der Waals surface area contributed by atoms with E-state index in [0.717, 1.165) is 22.2 Å². The Morgan fingerprint density at radius 2 is 2.06 bits per heavy atom. The summed E-state index contributed by atoms with van der Waals surface area (Å²) >= 11 is 0. The molecule has 0 fully saturated rings. The Morgan fingerprint density at radius 1 is 1.19 bits per heavy atom. The topological polar surface area (TPSA) is 54.5 Å². The van der Waals surface area contributed by atoms with Crippen molar-refractivity contribution in [2.75, 3.05) is 0 Å². The number of hydrogen-bond donors (Lipinski definition) is 1. The summed E-state index contributed by atoms with van der Waals surface area (Å²) in [5, 5.41) is 7.90. The molecule has 0 aliphatic carbocycles. The van der Waals surface area contributed by atoms with Crippen LogP contribution in [0.4, 0.5) is 0 Å². The third-order valence-corrected chi connectivity index (χ3v) is 2.57. The van der Waals surface area contributed by atoms with Crippen molar-refractivity contribution in [3.63, 3.8) is 0 Å². The third kappa shape index (κ3) is 1.35. The lowest BCUT2D eigenvalue weighted by atomic mass is 10.1. The zero-order chi connectivity index (χ0) is 11.0. The summed E-state index contributed by atoms with van der Waals surface area (Å²) < 4.78 is 0. The summed E-state index contributed by atoms with van der Waals surface area (Å²) in [4.78, 5) is 8.69. The lowest BCUT2D eigenvalue weighted by Gasteiger charge is -2.03. The van der Waals surface area contributed by atoms with E-state index in [1.165, 1.54) is 0 Å². The number of pyridine rings is 1. The van der Waals surface area contributed by atoms with Gasteiger partial charge < -0.3 is 0 Å². The standard InChI is InChI=1S/C12H10N4/c1-8-10(12-13-7-14-16-12)6-9-4-2-3-5-11(9)15-8/h2-7H,1H3,(H,13,14,16). The van der Waals surface area contributed by atoms with Crippen molar-refractivity contribution in [3.05, 3.63) is 42.4 Å². The van der Waals surface area contributed by atoms with E-state index in [1.807, 2.05) is 31.2 Å². The van der Waals surface area contributed by atoms with Gasteiger partial charge in [0.2, 0.25) is 0 Å². The molecular weight excluding hydrogens is 200 g/mol. The van der Waals surface area contributed by atoms with Crippen LogP contribution in [0.3, 0.4) is 0 Å². The molecule has 0 radical (unpaired) electrons. The molecule has 2 aromatic heterocycles. The lowest BCUT2D eigenvalue weighted by Crippen LogP contribution is -1.91. The number of aromatic amines is 1. The van der Waals surface area contributed by atoms with Crippen LogP contribution in [0.5, 0.6) is 0 Å². The first kappa shape index (κ1) is 9.03. The van der Waals surface area contributed by atoms with Crippen molar-refractivity contribution in [2.24, 2.45) is 0 Å². The first-order valence-electron chi connectivity index (χ1n) is 5.07. The maximum Gasteiger partial charge on any atom is 0.182 e. The van der Waals surface area contributed by atoms with E-state index >= 15 is 0 Å². The second-order valence-corrected chi connectivity index (χ2v) is 3.64. The minimum atomic E-state index is 0.691. The number of hydrogen-bond acceptors (Lipinski definition) is 3. The summed E-state index contributed by atoms with van der Waals surface area (Å²) in [6.45, 7) is 1.97. The predicted molar refractivity (Wildman–Crippen MR) is 61.9 cm³/mol. The molecule has 16 heavy (non-hydrogen) atoms. The number of rotatable bonds is 1. The fourth-order valence-corrected chi connectivity index (χ4v) is 1.78. The molecule has 0 spiro atoms. The second-order valence-electron chi connectivity index (χ2n) is 3.64. The molecule has 0 aliphatic rings. The quantitative estimate of drug-likeness (QED) is 0.670. The molecule has 0 aliphatic heterocycles. The number of aryl methyl sites for hydroxylation is 1. The summed E-state index contributed by atoms with van der Waals surface area (Å²) in [6, 6.07) is 10.1. The molecular formula is C12H10N4. The monoisotopic (exact) mass is 210 g/mol. The molecule has 0 unspecified atom stereocenters. The smallest absolute Gasteiger partial charge is 0.182 e. The van der Waals surface area contributed by atoms with Crippen LogP contribution in [0, 0.1) is 6.92 Å². The van der Waals surface area contributed by atoms with Crippen molar-refractivity contribution >= 4 is 10.9 Å². The van der Waals surface area contributed by atoms with E-state index in [-0.39, 0.29) is 0 Å². The van der Waals surface area contributed by atoms with Gasteiger partial charge in [0.15, 0.2) is 5.82 Å². The molecule has 3 rings (SSSR count). The van der Waals surface area contributed by atoms with E-state index in [1.54, 1.807) is 6.33 Å². The molecule has 0 amide bonds. The third-order valence-electron chi connectivity index (χ3n) is 2.57. The van der Waals surface area contributed by atoms with Gasteiger partial charge in [-0.3, -0.25) is 10.1 Å². The first-order valence-corrected chi connectivity index (χ1v) is 5.07. The highest BCUT2D eigenvalue weighted by atomic mass is 15.2. The Balaban J connectivity index is 2.30. The van der Waals surface area contributed by atoms with Crippen LogP contribution in [0.2, 0.25) is 0 Å². The van der Waals surface area contributed by atoms with Gasteiger partial charge in [-0.05, 0) is 19.1 Å². The second kappa shape index (κ2) is 3.41. The van der Waals surface area contributed by atoms with Crippen LogP contribution in [0.1, 0.15) is 5.69 Å². The number of benzene rings is 1. The fraction of sp³-hybridized carbons (Fsp3) is 0.0833. The molecule has 4 nitrogen and oxygen atoms in total. The average molecular weight is 210 g/mol. The zero-order valence-electron chi connectivity index (χ0n) is 8.81. The summed E-state index contributed by atoms with van der Waals surface area (Å²) in [5.41, 5.74) is 2.91. The Labute approximate surface area is 92.4 Å². The number of aromatic nitrogens is 4. The molecule has 0 bridgehead atoms. The predicted octanol–water partition coefficient (Wildman–Crippen LogP) is 2.33. The van der Waals surface area contributed by atoms with E-state index < -0.39 is 0 Å². The molecule has 1 N–H and O–H groups in total. The first-order chi connectivity index (χ1) is 7.84. The molecule has 1 aromatic carbocycles. The molecule has 78 valence electrons. The number of fused-ring (bicyclic) bond motifs is 1. The molecule has 0 atom stereocenters. The van der Waals surface area contributed by atoms with Gasteiger partial charge in [-0.15, -0.1) is 0 Å². The van der Waals surface area contributed by atoms with Gasteiger partial charge in [0.25, 0.3) is 0 Å². The Bertz CT molecular complexity index is 629. The lowest BCUT2D eigenvalue weighted by molar-refractivity contribution is 1.09. The highest BCUT2D eigenvalue weighted by molar-refractivity contribution is 5.83. The van der Waals surface area contributed by atoms with Crippen LogP contribution < -0.4 is 0 Å². The Kier molecular flexibility index (Phi) is 1.93. The van der Waals surface area contributed by atoms with Crippen molar-refractivity contribution < 1.29 is 0 Å². The number of para-hydroxylation sites is 1. The van der Waals surface area contributed by atoms with Gasteiger partial charge in [0.1, 0.15) is 6.33 Å². The van der Waals surface area contributed by atoms with Gasteiger partial charge >= 0.3 is 0 Å². The number of nitrogens with zero attached hydrogens (tertiary/aromatic N) is 3. The van der Waals surface area contributed by atoms with E-state index in [2.05, 4.69) is 26.2 Å². The average Bonchev–Trinajstić information content (AvgIpc) is 2.81. The summed E-state index contributed by atoms with van der Waals surface area (Å²) in [7, 11) is 0. The molecule has 4 heteroatoms. The van der Waals surface area contributed by atoms with Gasteiger partial charge in [-0.25, -0.2) is 4.98 Å². The van der Waals surface area contributed by atoms with Gasteiger partial charge in [-0.1, -0.05) is 18.2 Å². The van der Waals surface area contributed by atoms with Crippen molar-refractivity contribution in [1.29, 1.82) is 0 Å². The van der Waals surface area contributed by atoms with Crippen LogP contribution in [-0.4, -0.2) is 20.2 Å². The van der Waals surface area contributed by atoms with Crippen molar-refractivity contribution in [1.82, 2.24) is 20.2 Å². The summed E-state index contributed by atoms with van der Waals surface area (Å²) in [5.74, 6) is 0.691. The maximum absolute atomic E-state index is 4.54. The van der Waals surface area contributed by atoms with Crippen molar-refractivity contribution in [2.45, 2.75) is 6.92 Å². The molecule has 0 saturated carbocycles. The van der Waals surface area contributed by atoms with Crippen LogP contribution in [-0.2, 0) is 0 Å². The van der Waals surface area contributed by atoms with Gasteiger partial charge in [0, 0.05) is 16.6 Å². The normalized spacial score (nSPS) is 10.8. The SMILES string of the molecule is Cc1nc2ccccc2cc1-c1nc[nH]n1. The van der Waals surface area contributed by atoms with Crippen LogP contribution in [0.25, 0.3) is 22.3 Å². The van der Waals surface area contributed by atoms with E-state index in [9.17, 15) is 0 Å². The van der Waals surface area contributed by atoms with E-state index in [4.69, 9.17) is 0 Å². The maximum atomic E-state index is 4.54.